The van der Waals surface area contributed by atoms with Gasteiger partial charge >= 0.3 is 0 Å². The maximum absolute atomic E-state index is 6.01. The topological polar surface area (TPSA) is 12.0 Å². The average Bonchev–Trinajstić information content (AvgIpc) is 3.05. The minimum absolute atomic E-state index is 0.571. The minimum atomic E-state index is 0.571. The van der Waals surface area contributed by atoms with Crippen molar-refractivity contribution in [1.29, 1.82) is 0 Å². The largest absolute Gasteiger partial charge is 0.307 e. The van der Waals surface area contributed by atoms with Gasteiger partial charge in [-0.15, -0.1) is 0 Å². The van der Waals surface area contributed by atoms with Crippen LogP contribution in [0.15, 0.2) is 24.3 Å². The van der Waals surface area contributed by atoms with Gasteiger partial charge in [0.2, 0.25) is 0 Å². The quantitative estimate of drug-likeness (QED) is 0.849. The van der Waals surface area contributed by atoms with E-state index in [1.54, 1.807) is 0 Å². The first-order valence-electron chi connectivity index (χ1n) is 7.81. The van der Waals surface area contributed by atoms with E-state index in [0.29, 0.717) is 6.04 Å². The van der Waals surface area contributed by atoms with Crippen LogP contribution in [0, 0.1) is 17.8 Å². The molecule has 4 atom stereocenters. The Morgan fingerprint density at radius 1 is 1.00 bits per heavy atom. The second-order valence-electron chi connectivity index (χ2n) is 6.81. The van der Waals surface area contributed by atoms with E-state index in [9.17, 15) is 0 Å². The molecule has 19 heavy (non-hydrogen) atoms. The number of hydrogen-bond donors (Lipinski definition) is 1. The first-order valence-corrected chi connectivity index (χ1v) is 8.19. The van der Waals surface area contributed by atoms with Gasteiger partial charge < -0.3 is 5.32 Å². The summed E-state index contributed by atoms with van der Waals surface area (Å²) in [6, 6.07) is 9.85. The Balaban J connectivity index is 1.50. The molecule has 0 heterocycles. The van der Waals surface area contributed by atoms with Crippen LogP contribution in [0.3, 0.4) is 0 Å². The maximum atomic E-state index is 6.01. The van der Waals surface area contributed by atoms with Crippen LogP contribution in [-0.4, -0.2) is 6.04 Å². The third-order valence-corrected chi connectivity index (χ3v) is 5.71. The highest BCUT2D eigenvalue weighted by Gasteiger charge is 2.42. The van der Waals surface area contributed by atoms with E-state index in [-0.39, 0.29) is 0 Å². The van der Waals surface area contributed by atoms with Gasteiger partial charge in [0, 0.05) is 17.1 Å². The monoisotopic (exact) mass is 275 g/mol. The Bertz CT molecular complexity index is 451. The molecule has 2 bridgehead atoms. The van der Waals surface area contributed by atoms with Gasteiger partial charge in [0.1, 0.15) is 0 Å². The molecule has 3 aliphatic rings. The third kappa shape index (κ3) is 2.43. The number of benzene rings is 1. The zero-order chi connectivity index (χ0) is 12.8. The van der Waals surface area contributed by atoms with Crippen molar-refractivity contribution in [3.8, 4) is 0 Å². The molecule has 0 saturated heterocycles. The summed E-state index contributed by atoms with van der Waals surface area (Å²) in [5.41, 5.74) is 1.44. The van der Waals surface area contributed by atoms with Gasteiger partial charge in [-0.25, -0.2) is 0 Å². The van der Waals surface area contributed by atoms with Crippen LogP contribution in [0.5, 0.6) is 0 Å². The summed E-state index contributed by atoms with van der Waals surface area (Å²) in [6.07, 6.45) is 8.62. The second kappa shape index (κ2) is 4.79. The molecule has 4 rings (SSSR count). The average molecular weight is 276 g/mol. The van der Waals surface area contributed by atoms with E-state index in [1.165, 1.54) is 44.1 Å². The summed E-state index contributed by atoms with van der Waals surface area (Å²) in [4.78, 5) is 0. The SMILES string of the molecule is Clc1ccc(C(NC2CC3CCC2C3)C2CC2)cc1. The van der Waals surface area contributed by atoms with E-state index >= 15 is 0 Å². The Morgan fingerprint density at radius 3 is 2.37 bits per heavy atom. The van der Waals surface area contributed by atoms with E-state index in [4.69, 9.17) is 11.6 Å². The number of halogens is 1. The van der Waals surface area contributed by atoms with Crippen molar-refractivity contribution in [2.75, 3.05) is 0 Å². The molecule has 0 amide bonds. The lowest BCUT2D eigenvalue weighted by Crippen LogP contribution is -2.37. The molecule has 102 valence electrons. The third-order valence-electron chi connectivity index (χ3n) is 5.45. The number of fused-ring (bicyclic) bond motifs is 2. The highest BCUT2D eigenvalue weighted by molar-refractivity contribution is 6.30. The Morgan fingerprint density at radius 2 is 1.79 bits per heavy atom. The lowest BCUT2D eigenvalue weighted by molar-refractivity contribution is 0.305. The van der Waals surface area contributed by atoms with Crippen molar-refractivity contribution < 1.29 is 0 Å². The molecule has 0 radical (unpaired) electrons. The van der Waals surface area contributed by atoms with Gasteiger partial charge in [-0.2, -0.15) is 0 Å². The molecule has 3 fully saturated rings. The van der Waals surface area contributed by atoms with Crippen molar-refractivity contribution in [2.45, 2.75) is 50.6 Å². The normalized spacial score (nSPS) is 34.7. The molecule has 1 N–H and O–H groups in total. The molecular weight excluding hydrogens is 254 g/mol. The fraction of sp³-hybridized carbons (Fsp3) is 0.647. The summed E-state index contributed by atoms with van der Waals surface area (Å²) in [5.74, 6) is 2.84. The van der Waals surface area contributed by atoms with Crippen LogP contribution in [0.25, 0.3) is 0 Å². The number of hydrogen-bond acceptors (Lipinski definition) is 1. The van der Waals surface area contributed by atoms with Gasteiger partial charge in [0.25, 0.3) is 0 Å². The zero-order valence-corrected chi connectivity index (χ0v) is 12.1. The highest BCUT2D eigenvalue weighted by Crippen LogP contribution is 2.47. The smallest absolute Gasteiger partial charge is 0.0406 e. The lowest BCUT2D eigenvalue weighted by atomic mass is 9.92. The maximum Gasteiger partial charge on any atom is 0.0406 e. The van der Waals surface area contributed by atoms with E-state index in [2.05, 4.69) is 17.4 Å². The lowest BCUT2D eigenvalue weighted by Gasteiger charge is -2.29. The fourth-order valence-corrected chi connectivity index (χ4v) is 4.41. The van der Waals surface area contributed by atoms with Crippen molar-refractivity contribution in [3.05, 3.63) is 34.9 Å². The predicted molar refractivity (Wildman–Crippen MR) is 79.3 cm³/mol. The molecule has 0 spiro atoms. The second-order valence-corrected chi connectivity index (χ2v) is 7.25. The summed E-state index contributed by atoms with van der Waals surface area (Å²) < 4.78 is 0. The minimum Gasteiger partial charge on any atom is -0.307 e. The molecule has 2 heteroatoms. The Hall–Kier alpha value is -0.530. The van der Waals surface area contributed by atoms with Crippen LogP contribution in [0.2, 0.25) is 5.02 Å². The summed E-state index contributed by atoms with van der Waals surface area (Å²) in [5, 5.41) is 4.85. The predicted octanol–water partition coefficient (Wildman–Crippen LogP) is 4.57. The molecule has 1 aromatic rings. The van der Waals surface area contributed by atoms with Crippen LogP contribution in [-0.2, 0) is 0 Å². The van der Waals surface area contributed by atoms with Crippen LogP contribution in [0.4, 0.5) is 0 Å². The van der Waals surface area contributed by atoms with Crippen molar-refractivity contribution in [3.63, 3.8) is 0 Å². The van der Waals surface area contributed by atoms with Crippen LogP contribution in [0.1, 0.15) is 50.1 Å². The van der Waals surface area contributed by atoms with Gasteiger partial charge in [-0.3, -0.25) is 0 Å². The highest BCUT2D eigenvalue weighted by atomic mass is 35.5. The summed E-state index contributed by atoms with van der Waals surface area (Å²) in [6.45, 7) is 0. The van der Waals surface area contributed by atoms with Crippen LogP contribution >= 0.6 is 11.6 Å². The molecule has 0 aliphatic heterocycles. The fourth-order valence-electron chi connectivity index (χ4n) is 4.28. The Labute approximate surface area is 120 Å². The first kappa shape index (κ1) is 12.2. The van der Waals surface area contributed by atoms with Gasteiger partial charge in [-0.1, -0.05) is 30.2 Å². The molecule has 4 unspecified atom stereocenters. The van der Waals surface area contributed by atoms with Gasteiger partial charge in [-0.05, 0) is 67.6 Å². The standard InChI is InChI=1S/C17H22ClN/c18-15-7-5-13(6-8-15)17(12-3-4-12)19-16-10-11-1-2-14(16)9-11/h5-8,11-12,14,16-17,19H,1-4,9-10H2. The molecule has 3 saturated carbocycles. The molecular formula is C17H22ClN. The number of nitrogens with one attached hydrogen (secondary N) is 1. The van der Waals surface area contributed by atoms with Crippen LogP contribution < -0.4 is 5.32 Å². The van der Waals surface area contributed by atoms with E-state index < -0.39 is 0 Å². The summed E-state index contributed by atoms with van der Waals surface area (Å²) in [7, 11) is 0. The van der Waals surface area contributed by atoms with E-state index in [1.807, 2.05) is 12.1 Å². The molecule has 3 aliphatic carbocycles. The van der Waals surface area contributed by atoms with Crippen molar-refractivity contribution in [2.24, 2.45) is 17.8 Å². The van der Waals surface area contributed by atoms with Crippen molar-refractivity contribution in [1.82, 2.24) is 5.32 Å². The first-order chi connectivity index (χ1) is 9.29. The Kier molecular flexibility index (Phi) is 3.08. The number of rotatable bonds is 4. The molecule has 0 aromatic heterocycles. The molecule has 1 aromatic carbocycles. The van der Waals surface area contributed by atoms with Gasteiger partial charge in [0.15, 0.2) is 0 Å². The molecule has 1 nitrogen and oxygen atoms in total. The van der Waals surface area contributed by atoms with Gasteiger partial charge in [0.05, 0.1) is 0 Å². The zero-order valence-electron chi connectivity index (χ0n) is 11.3. The van der Waals surface area contributed by atoms with E-state index in [0.717, 1.165) is 28.8 Å². The summed E-state index contributed by atoms with van der Waals surface area (Å²) >= 11 is 6.01. The van der Waals surface area contributed by atoms with Crippen molar-refractivity contribution >= 4 is 11.6 Å².